The number of ether oxygens (including phenoxy) is 2. The van der Waals surface area contributed by atoms with Crippen LogP contribution in [0.4, 0.5) is 11.4 Å². The quantitative estimate of drug-likeness (QED) is 0.455. The van der Waals surface area contributed by atoms with Crippen molar-refractivity contribution in [3.63, 3.8) is 0 Å². The molecule has 1 atom stereocenters. The average molecular weight is 489 g/mol. The average Bonchev–Trinajstić information content (AvgIpc) is 2.82. The van der Waals surface area contributed by atoms with Gasteiger partial charge in [-0.1, -0.05) is 47.5 Å². The molecule has 0 radical (unpaired) electrons. The molecular weight excluding hydrogens is 454 g/mol. The number of hydrogen-bond acceptors (Lipinski definition) is 4. The maximum absolute atomic E-state index is 13.0. The van der Waals surface area contributed by atoms with Crippen LogP contribution in [0.2, 0.25) is 0 Å². The summed E-state index contributed by atoms with van der Waals surface area (Å²) >= 11 is 0. The Morgan fingerprint density at radius 3 is 1.86 bits per heavy atom. The highest BCUT2D eigenvalue weighted by Crippen LogP contribution is 2.30. The molecule has 0 aromatic heterocycles. The summed E-state index contributed by atoms with van der Waals surface area (Å²) in [5.74, 6) is 1.06. The smallest absolute Gasteiger partial charge is 0.279 e. The molecule has 7 heteroatoms. The maximum Gasteiger partial charge on any atom is 0.279 e. The highest BCUT2D eigenvalue weighted by Gasteiger charge is 2.28. The van der Waals surface area contributed by atoms with Gasteiger partial charge < -0.3 is 25.0 Å². The van der Waals surface area contributed by atoms with Crippen LogP contribution in [0.5, 0.6) is 11.5 Å². The second kappa shape index (κ2) is 11.3. The standard InChI is InChI=1S/C29H33N3O4/c1-19-9-11-24(21(3)13-19)30-28(33)16-32(15-23-18-35-26-7-5-6-8-27(26)36-23)17-29(34)31-25-12-10-20(2)14-22(25)4/h5-14,23H,15-18H2,1-4H3,(H,30,33)(H,31,34)/p+1/t23-/m0/s1. The number of carbonyl (C=O) groups is 2. The highest BCUT2D eigenvalue weighted by atomic mass is 16.6. The Morgan fingerprint density at radius 1 is 0.806 bits per heavy atom. The van der Waals surface area contributed by atoms with E-state index in [2.05, 4.69) is 10.6 Å². The molecule has 0 bridgehead atoms. The first kappa shape index (κ1) is 25.3. The summed E-state index contributed by atoms with van der Waals surface area (Å²) in [6, 6.07) is 19.3. The number of carbonyl (C=O) groups excluding carboxylic acids is 2. The van der Waals surface area contributed by atoms with E-state index in [0.29, 0.717) is 24.7 Å². The maximum atomic E-state index is 13.0. The van der Waals surface area contributed by atoms with Crippen LogP contribution in [-0.4, -0.2) is 44.2 Å². The topological polar surface area (TPSA) is 81.1 Å². The molecule has 4 rings (SSSR count). The van der Waals surface area contributed by atoms with E-state index in [0.717, 1.165) is 38.5 Å². The first-order valence-corrected chi connectivity index (χ1v) is 12.2. The highest BCUT2D eigenvalue weighted by molar-refractivity contribution is 5.94. The molecule has 3 aromatic carbocycles. The summed E-state index contributed by atoms with van der Waals surface area (Å²) in [7, 11) is 0. The van der Waals surface area contributed by atoms with Crippen molar-refractivity contribution in [2.45, 2.75) is 33.8 Å². The molecule has 1 heterocycles. The van der Waals surface area contributed by atoms with E-state index < -0.39 is 0 Å². The fourth-order valence-electron chi connectivity index (χ4n) is 4.44. The zero-order valence-electron chi connectivity index (χ0n) is 21.3. The van der Waals surface area contributed by atoms with Gasteiger partial charge in [-0.25, -0.2) is 0 Å². The molecule has 7 nitrogen and oxygen atoms in total. The summed E-state index contributed by atoms with van der Waals surface area (Å²) < 4.78 is 12.0. The molecular formula is C29H34N3O4+. The molecule has 0 saturated heterocycles. The van der Waals surface area contributed by atoms with Crippen LogP contribution < -0.4 is 25.0 Å². The van der Waals surface area contributed by atoms with Gasteiger partial charge in [-0.15, -0.1) is 0 Å². The first-order chi connectivity index (χ1) is 17.3. The summed E-state index contributed by atoms with van der Waals surface area (Å²) in [5, 5.41) is 5.99. The summed E-state index contributed by atoms with van der Waals surface area (Å²) in [5.41, 5.74) is 5.81. The number of aryl methyl sites for hydroxylation is 4. The van der Waals surface area contributed by atoms with Crippen molar-refractivity contribution in [1.29, 1.82) is 0 Å². The van der Waals surface area contributed by atoms with Crippen molar-refractivity contribution >= 4 is 23.2 Å². The third-order valence-electron chi connectivity index (χ3n) is 6.22. The van der Waals surface area contributed by atoms with Crippen molar-refractivity contribution in [1.82, 2.24) is 0 Å². The monoisotopic (exact) mass is 488 g/mol. The number of rotatable bonds is 8. The molecule has 0 fully saturated rings. The van der Waals surface area contributed by atoms with Crippen LogP contribution >= 0.6 is 0 Å². The minimum Gasteiger partial charge on any atom is -0.486 e. The number of quaternary nitrogens is 1. The molecule has 36 heavy (non-hydrogen) atoms. The number of nitrogens with one attached hydrogen (secondary N) is 3. The van der Waals surface area contributed by atoms with Gasteiger partial charge in [0.1, 0.15) is 13.2 Å². The van der Waals surface area contributed by atoms with Crippen molar-refractivity contribution in [2.24, 2.45) is 0 Å². The Morgan fingerprint density at radius 2 is 1.33 bits per heavy atom. The fourth-order valence-corrected chi connectivity index (χ4v) is 4.44. The third kappa shape index (κ3) is 6.64. The van der Waals surface area contributed by atoms with Gasteiger partial charge in [-0.3, -0.25) is 9.59 Å². The fraction of sp³-hybridized carbons (Fsp3) is 0.310. The van der Waals surface area contributed by atoms with E-state index in [9.17, 15) is 9.59 Å². The molecule has 0 spiro atoms. The van der Waals surface area contributed by atoms with Gasteiger partial charge in [0.2, 0.25) is 0 Å². The zero-order chi connectivity index (χ0) is 25.7. The molecule has 3 N–H and O–H groups in total. The van der Waals surface area contributed by atoms with Gasteiger partial charge in [-0.05, 0) is 63.1 Å². The van der Waals surface area contributed by atoms with Gasteiger partial charge in [-0.2, -0.15) is 0 Å². The lowest BCUT2D eigenvalue weighted by molar-refractivity contribution is -0.886. The van der Waals surface area contributed by atoms with E-state index in [4.69, 9.17) is 9.47 Å². The van der Waals surface area contributed by atoms with Crippen LogP contribution in [0.15, 0.2) is 60.7 Å². The first-order valence-electron chi connectivity index (χ1n) is 12.2. The van der Waals surface area contributed by atoms with E-state index in [1.54, 1.807) is 0 Å². The Bertz CT molecular complexity index is 1190. The lowest BCUT2D eigenvalue weighted by atomic mass is 10.1. The third-order valence-corrected chi connectivity index (χ3v) is 6.22. The number of amides is 2. The molecule has 1 aliphatic heterocycles. The van der Waals surface area contributed by atoms with E-state index >= 15 is 0 Å². The van der Waals surface area contributed by atoms with Gasteiger partial charge in [0, 0.05) is 11.4 Å². The predicted molar refractivity (Wildman–Crippen MR) is 141 cm³/mol. The van der Waals surface area contributed by atoms with Crippen molar-refractivity contribution in [3.8, 4) is 11.5 Å². The number of benzene rings is 3. The van der Waals surface area contributed by atoms with Crippen LogP contribution in [0.25, 0.3) is 0 Å². The van der Waals surface area contributed by atoms with Crippen LogP contribution in [0, 0.1) is 27.7 Å². The lowest BCUT2D eigenvalue weighted by Crippen LogP contribution is -3.15. The Kier molecular flexibility index (Phi) is 7.90. The van der Waals surface area contributed by atoms with Crippen LogP contribution in [0.1, 0.15) is 22.3 Å². The van der Waals surface area contributed by atoms with Gasteiger partial charge in [0.25, 0.3) is 11.8 Å². The molecule has 1 aliphatic rings. The number of hydrogen-bond donors (Lipinski definition) is 3. The van der Waals surface area contributed by atoms with Gasteiger partial charge in [0.15, 0.2) is 30.7 Å². The van der Waals surface area contributed by atoms with Crippen molar-refractivity contribution < 1.29 is 24.0 Å². The normalized spacial score (nSPS) is 14.4. The van der Waals surface area contributed by atoms with E-state index in [-0.39, 0.29) is 31.0 Å². The van der Waals surface area contributed by atoms with Crippen LogP contribution in [0.3, 0.4) is 0 Å². The summed E-state index contributed by atoms with van der Waals surface area (Å²) in [6.07, 6.45) is -0.280. The molecule has 0 aliphatic carbocycles. The largest absolute Gasteiger partial charge is 0.486 e. The molecule has 0 saturated carbocycles. The number of para-hydroxylation sites is 2. The SMILES string of the molecule is Cc1ccc(NC(=O)C[NH+](CC(=O)Nc2ccc(C)cc2C)C[C@H]2COc3ccccc3O2)c(C)c1. The van der Waals surface area contributed by atoms with Gasteiger partial charge in [0.05, 0.1) is 0 Å². The zero-order valence-corrected chi connectivity index (χ0v) is 21.3. The molecule has 3 aromatic rings. The minimum atomic E-state index is -0.280. The Hall–Kier alpha value is -3.84. The lowest BCUT2D eigenvalue weighted by Gasteiger charge is -2.29. The Balaban J connectivity index is 1.45. The van der Waals surface area contributed by atoms with Crippen LogP contribution in [-0.2, 0) is 9.59 Å². The van der Waals surface area contributed by atoms with Gasteiger partial charge >= 0.3 is 0 Å². The Labute approximate surface area is 212 Å². The van der Waals surface area contributed by atoms with E-state index in [1.165, 1.54) is 0 Å². The van der Waals surface area contributed by atoms with Crippen molar-refractivity contribution in [2.75, 3.05) is 36.9 Å². The molecule has 0 unspecified atom stereocenters. The molecule has 188 valence electrons. The van der Waals surface area contributed by atoms with Crippen molar-refractivity contribution in [3.05, 3.63) is 82.9 Å². The van der Waals surface area contributed by atoms with E-state index in [1.807, 2.05) is 88.4 Å². The second-order valence-corrected chi connectivity index (χ2v) is 9.54. The number of anilines is 2. The molecule has 2 amide bonds. The predicted octanol–water partition coefficient (Wildman–Crippen LogP) is 3.22. The number of fused-ring (bicyclic) bond motifs is 1. The summed E-state index contributed by atoms with van der Waals surface area (Å²) in [6.45, 7) is 9.01. The second-order valence-electron chi connectivity index (χ2n) is 9.54. The summed E-state index contributed by atoms with van der Waals surface area (Å²) in [4.78, 5) is 26.8. The minimum absolute atomic E-state index is 0.120.